The summed E-state index contributed by atoms with van der Waals surface area (Å²) in [6.07, 6.45) is -0.535. The average Bonchev–Trinajstić information content (AvgIpc) is 3.15. The predicted octanol–water partition coefficient (Wildman–Crippen LogP) is 4.88. The fraction of sp³-hybridized carbons (Fsp3) is 0.258. The van der Waals surface area contributed by atoms with Crippen LogP contribution in [0.5, 0.6) is 0 Å². The molecule has 1 amide bonds. The number of hydrogen-bond acceptors (Lipinski definition) is 5. The first-order valence-electron chi connectivity index (χ1n) is 13.1. The molecule has 9 heteroatoms. The normalized spacial score (nSPS) is 12.5. The van der Waals surface area contributed by atoms with E-state index in [2.05, 4.69) is 10.6 Å². The summed E-state index contributed by atoms with van der Waals surface area (Å²) in [6, 6.07) is 26.3. The minimum absolute atomic E-state index is 0.00105. The summed E-state index contributed by atoms with van der Waals surface area (Å²) in [5, 5.41) is 15.4. The van der Waals surface area contributed by atoms with Gasteiger partial charge in [0, 0.05) is 26.7 Å². The molecular weight excluding hydrogens is 508 g/mol. The van der Waals surface area contributed by atoms with Crippen LogP contribution < -0.4 is 16.2 Å². The molecule has 208 valence electrons. The third-order valence-electron chi connectivity index (χ3n) is 6.87. The number of benzene rings is 3. The first kappa shape index (κ1) is 28.4. The number of aromatic nitrogens is 2. The predicted molar refractivity (Wildman–Crippen MR) is 154 cm³/mol. The highest BCUT2D eigenvalue weighted by molar-refractivity contribution is 5.90. The number of hydrogen-bond donors (Lipinski definition) is 3. The number of anilines is 1. The minimum atomic E-state index is -0.861. The molecule has 40 heavy (non-hydrogen) atoms. The Kier molecular flexibility index (Phi) is 9.19. The number of aliphatic carboxylic acids is 1. The Bertz CT molecular complexity index is 1490. The second kappa shape index (κ2) is 12.9. The van der Waals surface area contributed by atoms with Crippen LogP contribution in [0.2, 0.25) is 0 Å². The highest BCUT2D eigenvalue weighted by Crippen LogP contribution is 2.26. The van der Waals surface area contributed by atoms with Gasteiger partial charge in [0.05, 0.1) is 12.0 Å². The Labute approximate surface area is 233 Å². The van der Waals surface area contributed by atoms with Gasteiger partial charge in [-0.15, -0.1) is 0 Å². The van der Waals surface area contributed by atoms with Gasteiger partial charge in [0.1, 0.15) is 11.9 Å². The Hall–Kier alpha value is -4.63. The molecule has 1 aromatic heterocycles. The lowest BCUT2D eigenvalue weighted by Crippen LogP contribution is -2.33. The van der Waals surface area contributed by atoms with E-state index in [0.717, 1.165) is 16.7 Å². The molecule has 0 aliphatic heterocycles. The van der Waals surface area contributed by atoms with Gasteiger partial charge in [-0.2, -0.15) is 0 Å². The molecule has 0 aliphatic carbocycles. The number of ether oxygens (including phenoxy) is 1. The van der Waals surface area contributed by atoms with Gasteiger partial charge in [-0.25, -0.2) is 4.79 Å². The molecular formula is C31H34N4O5. The monoisotopic (exact) mass is 542 g/mol. The maximum atomic E-state index is 13.1. The number of carboxylic acids is 1. The first-order valence-corrected chi connectivity index (χ1v) is 13.1. The van der Waals surface area contributed by atoms with E-state index in [0.29, 0.717) is 29.9 Å². The summed E-state index contributed by atoms with van der Waals surface area (Å²) in [5.41, 5.74) is 3.59. The Morgan fingerprint density at radius 3 is 2.12 bits per heavy atom. The van der Waals surface area contributed by atoms with E-state index in [1.165, 1.54) is 4.68 Å². The molecule has 2 unspecified atom stereocenters. The Balaban J connectivity index is 1.47. The van der Waals surface area contributed by atoms with Crippen molar-refractivity contribution < 1.29 is 19.4 Å². The van der Waals surface area contributed by atoms with Crippen LogP contribution >= 0.6 is 0 Å². The van der Waals surface area contributed by atoms with Crippen molar-refractivity contribution in [1.82, 2.24) is 14.7 Å². The van der Waals surface area contributed by atoms with Crippen LogP contribution in [0.25, 0.3) is 11.1 Å². The lowest BCUT2D eigenvalue weighted by atomic mass is 10.0. The quantitative estimate of drug-likeness (QED) is 0.249. The first-order chi connectivity index (χ1) is 19.2. The van der Waals surface area contributed by atoms with Crippen LogP contribution in [0.1, 0.15) is 36.1 Å². The van der Waals surface area contributed by atoms with E-state index in [-0.39, 0.29) is 18.0 Å². The van der Waals surface area contributed by atoms with E-state index >= 15 is 0 Å². The van der Waals surface area contributed by atoms with Gasteiger partial charge in [0.2, 0.25) is 0 Å². The van der Waals surface area contributed by atoms with Gasteiger partial charge < -0.3 is 15.2 Å². The summed E-state index contributed by atoms with van der Waals surface area (Å²) >= 11 is 0. The van der Waals surface area contributed by atoms with E-state index in [9.17, 15) is 19.5 Å². The number of rotatable bonds is 11. The van der Waals surface area contributed by atoms with Crippen molar-refractivity contribution in [3.63, 3.8) is 0 Å². The van der Waals surface area contributed by atoms with Crippen LogP contribution in [0.4, 0.5) is 10.6 Å². The van der Waals surface area contributed by atoms with Gasteiger partial charge in [0.25, 0.3) is 5.56 Å². The smallest absolute Gasteiger partial charge is 0.413 e. The fourth-order valence-electron chi connectivity index (χ4n) is 4.57. The standard InChI is InChI=1S/C31H34N4O5/c1-21(24-12-8-5-9-13-24)40-31(39)33-29-28(30(38)35(3)34(29)2)25-16-14-23(15-17-25)20-32-26(19-27(36)37)18-22-10-6-4-7-11-22/h4-17,21,26,32H,18-20H2,1-3H3,(H,33,39)(H,36,37). The average molecular weight is 543 g/mol. The lowest BCUT2D eigenvalue weighted by Gasteiger charge is -2.17. The van der Waals surface area contributed by atoms with E-state index in [1.807, 2.05) is 84.9 Å². The molecule has 0 saturated carbocycles. The van der Waals surface area contributed by atoms with Crippen molar-refractivity contribution in [3.8, 4) is 11.1 Å². The molecule has 0 radical (unpaired) electrons. The fourth-order valence-corrected chi connectivity index (χ4v) is 4.57. The third-order valence-corrected chi connectivity index (χ3v) is 6.87. The second-order valence-electron chi connectivity index (χ2n) is 9.72. The van der Waals surface area contributed by atoms with Crippen molar-refractivity contribution >= 4 is 17.9 Å². The molecule has 2 atom stereocenters. The number of amides is 1. The van der Waals surface area contributed by atoms with E-state index in [1.54, 1.807) is 25.7 Å². The number of carboxylic acid groups (broad SMARTS) is 1. The lowest BCUT2D eigenvalue weighted by molar-refractivity contribution is -0.137. The second-order valence-corrected chi connectivity index (χ2v) is 9.72. The van der Waals surface area contributed by atoms with Crippen molar-refractivity contribution in [1.29, 1.82) is 0 Å². The van der Waals surface area contributed by atoms with Gasteiger partial charge >= 0.3 is 12.1 Å². The molecule has 4 aromatic rings. The third kappa shape index (κ3) is 7.06. The summed E-state index contributed by atoms with van der Waals surface area (Å²) < 4.78 is 8.54. The van der Waals surface area contributed by atoms with Crippen LogP contribution in [-0.2, 0) is 36.6 Å². The van der Waals surface area contributed by atoms with Crippen molar-refractivity contribution in [2.45, 2.75) is 38.5 Å². The zero-order valence-electron chi connectivity index (χ0n) is 22.8. The molecule has 0 spiro atoms. The zero-order valence-corrected chi connectivity index (χ0v) is 22.8. The minimum Gasteiger partial charge on any atom is -0.481 e. The van der Waals surface area contributed by atoms with Gasteiger partial charge in [-0.3, -0.25) is 24.3 Å². The molecule has 3 N–H and O–H groups in total. The molecule has 4 rings (SSSR count). The molecule has 0 bridgehead atoms. The highest BCUT2D eigenvalue weighted by Gasteiger charge is 2.22. The molecule has 0 saturated heterocycles. The van der Waals surface area contributed by atoms with Gasteiger partial charge in [0.15, 0.2) is 0 Å². The molecule has 0 fully saturated rings. The van der Waals surface area contributed by atoms with Crippen molar-refractivity contribution in [2.24, 2.45) is 14.1 Å². The topological polar surface area (TPSA) is 115 Å². The zero-order chi connectivity index (χ0) is 28.6. The highest BCUT2D eigenvalue weighted by atomic mass is 16.6. The number of nitrogens with zero attached hydrogens (tertiary/aromatic N) is 2. The van der Waals surface area contributed by atoms with E-state index in [4.69, 9.17) is 4.74 Å². The van der Waals surface area contributed by atoms with Crippen LogP contribution in [0.15, 0.2) is 89.7 Å². The van der Waals surface area contributed by atoms with Crippen LogP contribution in [0, 0.1) is 0 Å². The van der Waals surface area contributed by atoms with E-state index < -0.39 is 18.2 Å². The Morgan fingerprint density at radius 2 is 1.50 bits per heavy atom. The number of carbonyl (C=O) groups excluding carboxylic acids is 1. The van der Waals surface area contributed by atoms with Crippen molar-refractivity contribution in [2.75, 3.05) is 5.32 Å². The molecule has 0 aliphatic rings. The molecule has 9 nitrogen and oxygen atoms in total. The van der Waals surface area contributed by atoms with Gasteiger partial charge in [-0.05, 0) is 35.6 Å². The summed E-state index contributed by atoms with van der Waals surface area (Å²) in [6.45, 7) is 2.25. The number of carbonyl (C=O) groups is 2. The maximum absolute atomic E-state index is 13.1. The molecule has 3 aromatic carbocycles. The number of nitrogens with one attached hydrogen (secondary N) is 2. The SMILES string of the molecule is CC(OC(=O)Nc1c(-c2ccc(CNC(CC(=O)O)Cc3ccccc3)cc2)c(=O)n(C)n1C)c1ccccc1. The van der Waals surface area contributed by atoms with Crippen LogP contribution in [-0.4, -0.2) is 32.6 Å². The summed E-state index contributed by atoms with van der Waals surface area (Å²) in [5.74, 6) is -0.534. The largest absolute Gasteiger partial charge is 0.481 e. The summed E-state index contributed by atoms with van der Waals surface area (Å²) in [4.78, 5) is 37.3. The molecule has 1 heterocycles. The summed E-state index contributed by atoms with van der Waals surface area (Å²) in [7, 11) is 3.32. The Morgan fingerprint density at radius 1 is 0.875 bits per heavy atom. The van der Waals surface area contributed by atoms with Crippen molar-refractivity contribution in [3.05, 3.63) is 112 Å². The van der Waals surface area contributed by atoms with Gasteiger partial charge in [-0.1, -0.05) is 84.9 Å². The maximum Gasteiger partial charge on any atom is 0.413 e. The van der Waals surface area contributed by atoms with Crippen LogP contribution in [0.3, 0.4) is 0 Å².